The lowest BCUT2D eigenvalue weighted by Crippen LogP contribution is -2.49. The Hall–Kier alpha value is -0.570. The number of nitrogens with zero attached hydrogens (tertiary/aromatic N) is 1. The summed E-state index contributed by atoms with van der Waals surface area (Å²) in [6.45, 7) is 6.85. The summed E-state index contributed by atoms with van der Waals surface area (Å²) in [5, 5.41) is 0. The molecule has 2 N–H and O–H groups in total. The van der Waals surface area contributed by atoms with Gasteiger partial charge in [-0.3, -0.25) is 4.79 Å². The van der Waals surface area contributed by atoms with Crippen LogP contribution in [0.5, 0.6) is 0 Å². The van der Waals surface area contributed by atoms with E-state index in [2.05, 4.69) is 0 Å². The highest BCUT2D eigenvalue weighted by molar-refractivity contribution is 5.82. The van der Waals surface area contributed by atoms with E-state index in [1.54, 1.807) is 0 Å². The Balaban J connectivity index is 2.60. The van der Waals surface area contributed by atoms with Gasteiger partial charge in [-0.05, 0) is 25.7 Å². The Morgan fingerprint density at radius 2 is 1.93 bits per heavy atom. The SMILES string of the molecule is CCN(C(=O)[C@@H](N)C(C)C)C1CCCC1. The lowest BCUT2D eigenvalue weighted by Gasteiger charge is -2.31. The third kappa shape index (κ3) is 2.94. The van der Waals surface area contributed by atoms with Crippen LogP contribution in [0.3, 0.4) is 0 Å². The lowest BCUT2D eigenvalue weighted by molar-refractivity contribution is -0.135. The molecular weight excluding hydrogens is 188 g/mol. The van der Waals surface area contributed by atoms with Crippen LogP contribution in [0.25, 0.3) is 0 Å². The van der Waals surface area contributed by atoms with Gasteiger partial charge in [-0.25, -0.2) is 0 Å². The molecule has 15 heavy (non-hydrogen) atoms. The standard InChI is InChI=1S/C12H24N2O/c1-4-14(10-7-5-6-8-10)12(15)11(13)9(2)3/h9-11H,4-8,13H2,1-3H3/t11-/m0/s1. The van der Waals surface area contributed by atoms with E-state index < -0.39 is 0 Å². The Morgan fingerprint density at radius 1 is 1.40 bits per heavy atom. The van der Waals surface area contributed by atoms with Crippen LogP contribution in [0.15, 0.2) is 0 Å². The Bertz CT molecular complexity index is 210. The zero-order valence-electron chi connectivity index (χ0n) is 10.2. The van der Waals surface area contributed by atoms with Gasteiger partial charge in [0, 0.05) is 12.6 Å². The molecule has 0 radical (unpaired) electrons. The smallest absolute Gasteiger partial charge is 0.239 e. The molecule has 1 aliphatic carbocycles. The minimum absolute atomic E-state index is 0.138. The molecule has 0 bridgehead atoms. The molecule has 0 unspecified atom stereocenters. The van der Waals surface area contributed by atoms with Gasteiger partial charge < -0.3 is 10.6 Å². The second kappa shape index (κ2) is 5.50. The van der Waals surface area contributed by atoms with Crippen molar-refractivity contribution in [3.63, 3.8) is 0 Å². The minimum Gasteiger partial charge on any atom is -0.339 e. The molecule has 0 aromatic heterocycles. The molecule has 0 aliphatic heterocycles. The summed E-state index contributed by atoms with van der Waals surface area (Å²) in [5.41, 5.74) is 5.91. The molecule has 1 fully saturated rings. The van der Waals surface area contributed by atoms with Crippen molar-refractivity contribution < 1.29 is 4.79 Å². The highest BCUT2D eigenvalue weighted by Crippen LogP contribution is 2.24. The Morgan fingerprint density at radius 3 is 2.33 bits per heavy atom. The van der Waals surface area contributed by atoms with Crippen molar-refractivity contribution in [3.8, 4) is 0 Å². The Kier molecular flexibility index (Phi) is 4.58. The summed E-state index contributed by atoms with van der Waals surface area (Å²) in [6, 6.07) is 0.123. The van der Waals surface area contributed by atoms with Crippen molar-refractivity contribution in [3.05, 3.63) is 0 Å². The first-order valence-corrected chi connectivity index (χ1v) is 6.14. The molecule has 1 saturated carbocycles. The van der Waals surface area contributed by atoms with Gasteiger partial charge in [0.1, 0.15) is 0 Å². The van der Waals surface area contributed by atoms with Crippen LogP contribution in [0.2, 0.25) is 0 Å². The van der Waals surface area contributed by atoms with Gasteiger partial charge in [0.05, 0.1) is 6.04 Å². The van der Waals surface area contributed by atoms with Crippen molar-refractivity contribution in [1.82, 2.24) is 4.90 Å². The van der Waals surface area contributed by atoms with Crippen LogP contribution in [-0.4, -0.2) is 29.4 Å². The largest absolute Gasteiger partial charge is 0.339 e. The Labute approximate surface area is 93.0 Å². The van der Waals surface area contributed by atoms with Gasteiger partial charge in [-0.2, -0.15) is 0 Å². The molecule has 0 heterocycles. The van der Waals surface area contributed by atoms with Gasteiger partial charge in [0.25, 0.3) is 0 Å². The van der Waals surface area contributed by atoms with E-state index in [-0.39, 0.29) is 17.9 Å². The van der Waals surface area contributed by atoms with Crippen LogP contribution in [0.4, 0.5) is 0 Å². The zero-order valence-corrected chi connectivity index (χ0v) is 10.2. The molecule has 0 aromatic rings. The molecule has 0 spiro atoms. The van der Waals surface area contributed by atoms with E-state index in [9.17, 15) is 4.79 Å². The maximum atomic E-state index is 12.1. The van der Waals surface area contributed by atoms with E-state index in [1.807, 2.05) is 25.7 Å². The third-order valence-corrected chi connectivity index (χ3v) is 3.39. The average molecular weight is 212 g/mol. The average Bonchev–Trinajstić information content (AvgIpc) is 2.70. The summed E-state index contributed by atoms with van der Waals surface area (Å²) in [4.78, 5) is 14.1. The second-order valence-electron chi connectivity index (χ2n) is 4.83. The fourth-order valence-corrected chi connectivity index (χ4v) is 2.29. The number of carbonyl (C=O) groups is 1. The van der Waals surface area contributed by atoms with E-state index in [0.717, 1.165) is 19.4 Å². The summed E-state index contributed by atoms with van der Waals surface area (Å²) in [5.74, 6) is 0.368. The number of hydrogen-bond acceptors (Lipinski definition) is 2. The molecule has 1 rings (SSSR count). The van der Waals surface area contributed by atoms with Gasteiger partial charge in [-0.1, -0.05) is 26.7 Å². The molecule has 1 atom stereocenters. The number of rotatable bonds is 4. The van der Waals surface area contributed by atoms with Gasteiger partial charge in [-0.15, -0.1) is 0 Å². The van der Waals surface area contributed by atoms with Gasteiger partial charge in [0.15, 0.2) is 0 Å². The molecule has 88 valence electrons. The van der Waals surface area contributed by atoms with Gasteiger partial charge >= 0.3 is 0 Å². The predicted octanol–water partition coefficient (Wildman–Crippen LogP) is 1.76. The number of hydrogen-bond donors (Lipinski definition) is 1. The van der Waals surface area contributed by atoms with Crippen LogP contribution < -0.4 is 5.73 Å². The molecular formula is C12H24N2O. The first-order valence-electron chi connectivity index (χ1n) is 6.14. The third-order valence-electron chi connectivity index (χ3n) is 3.39. The molecule has 3 heteroatoms. The van der Waals surface area contributed by atoms with Crippen molar-refractivity contribution in [1.29, 1.82) is 0 Å². The summed E-state index contributed by atoms with van der Waals surface area (Å²) in [6.07, 6.45) is 4.82. The zero-order chi connectivity index (χ0) is 11.4. The highest BCUT2D eigenvalue weighted by Gasteiger charge is 2.29. The molecule has 0 saturated heterocycles. The van der Waals surface area contributed by atoms with E-state index in [0.29, 0.717) is 6.04 Å². The highest BCUT2D eigenvalue weighted by atomic mass is 16.2. The van der Waals surface area contributed by atoms with Crippen LogP contribution in [-0.2, 0) is 4.79 Å². The van der Waals surface area contributed by atoms with Crippen molar-refractivity contribution in [2.75, 3.05) is 6.54 Å². The molecule has 0 aromatic carbocycles. The number of amides is 1. The van der Waals surface area contributed by atoms with Crippen LogP contribution in [0.1, 0.15) is 46.5 Å². The first-order chi connectivity index (χ1) is 7.07. The normalized spacial score (nSPS) is 19.5. The van der Waals surface area contributed by atoms with Crippen molar-refractivity contribution >= 4 is 5.91 Å². The predicted molar refractivity (Wildman–Crippen MR) is 62.5 cm³/mol. The van der Waals surface area contributed by atoms with Crippen molar-refractivity contribution in [2.24, 2.45) is 11.7 Å². The number of carbonyl (C=O) groups excluding carboxylic acids is 1. The van der Waals surface area contributed by atoms with E-state index in [4.69, 9.17) is 5.73 Å². The fourth-order valence-electron chi connectivity index (χ4n) is 2.29. The maximum absolute atomic E-state index is 12.1. The molecule has 1 amide bonds. The number of nitrogens with two attached hydrogens (primary N) is 1. The van der Waals surface area contributed by atoms with Crippen LogP contribution >= 0.6 is 0 Å². The van der Waals surface area contributed by atoms with E-state index >= 15 is 0 Å². The summed E-state index contributed by atoms with van der Waals surface area (Å²) < 4.78 is 0. The topological polar surface area (TPSA) is 46.3 Å². The minimum atomic E-state index is -0.328. The maximum Gasteiger partial charge on any atom is 0.239 e. The quantitative estimate of drug-likeness (QED) is 0.772. The van der Waals surface area contributed by atoms with Crippen LogP contribution in [0, 0.1) is 5.92 Å². The summed E-state index contributed by atoms with van der Waals surface area (Å²) in [7, 11) is 0. The fraction of sp³-hybridized carbons (Fsp3) is 0.917. The summed E-state index contributed by atoms with van der Waals surface area (Å²) >= 11 is 0. The first kappa shape index (κ1) is 12.5. The van der Waals surface area contributed by atoms with E-state index in [1.165, 1.54) is 12.8 Å². The lowest BCUT2D eigenvalue weighted by atomic mass is 10.0. The van der Waals surface area contributed by atoms with Crippen molar-refractivity contribution in [2.45, 2.75) is 58.5 Å². The monoisotopic (exact) mass is 212 g/mol. The molecule has 3 nitrogen and oxygen atoms in total. The van der Waals surface area contributed by atoms with Gasteiger partial charge in [0.2, 0.25) is 5.91 Å². The second-order valence-corrected chi connectivity index (χ2v) is 4.83. The number of likely N-dealkylation sites (N-methyl/N-ethyl adjacent to an activating group) is 1. The molecule has 1 aliphatic rings.